The van der Waals surface area contributed by atoms with E-state index in [9.17, 15) is 15.0 Å². The van der Waals surface area contributed by atoms with Crippen LogP contribution < -0.4 is 5.32 Å². The summed E-state index contributed by atoms with van der Waals surface area (Å²) in [7, 11) is 0. The summed E-state index contributed by atoms with van der Waals surface area (Å²) in [6.07, 6.45) is 9.52. The zero-order valence-corrected chi connectivity index (χ0v) is 21.9. The fourth-order valence-electron chi connectivity index (χ4n) is 9.89. The summed E-state index contributed by atoms with van der Waals surface area (Å²) in [4.78, 5) is 12.4. The van der Waals surface area contributed by atoms with Crippen molar-refractivity contribution in [2.75, 3.05) is 5.32 Å². The maximum absolute atomic E-state index is 12.4. The molecule has 1 aromatic rings. The number of amides is 1. The van der Waals surface area contributed by atoms with Crippen molar-refractivity contribution in [2.45, 2.75) is 104 Å². The number of nitrogens with zero attached hydrogens (tertiary/aromatic N) is 3. The minimum Gasteiger partial charge on any atom is -0.393 e. The van der Waals surface area contributed by atoms with Crippen molar-refractivity contribution in [1.29, 1.82) is 0 Å². The van der Waals surface area contributed by atoms with Gasteiger partial charge < -0.3 is 10.2 Å². The van der Waals surface area contributed by atoms with E-state index < -0.39 is 0 Å². The first-order valence-electron chi connectivity index (χ1n) is 14.1. The zero-order valence-electron chi connectivity index (χ0n) is 21.9. The molecule has 8 nitrogen and oxygen atoms in total. The molecular formula is C27H45N5O3. The molecule has 4 saturated carbocycles. The number of fused-ring (bicyclic) bond motifs is 5. The Morgan fingerprint density at radius 2 is 1.86 bits per heavy atom. The molecule has 4 unspecified atom stereocenters. The molecule has 4 aliphatic rings. The maximum atomic E-state index is 12.4. The molecule has 196 valence electrons. The average Bonchev–Trinajstić information content (AvgIpc) is 3.46. The number of aromatic nitrogens is 4. The van der Waals surface area contributed by atoms with Crippen LogP contribution in [0.4, 0.5) is 5.95 Å². The molecule has 0 aliphatic heterocycles. The van der Waals surface area contributed by atoms with Gasteiger partial charge >= 0.3 is 0 Å². The molecule has 5 rings (SSSR count). The largest absolute Gasteiger partial charge is 0.393 e. The van der Waals surface area contributed by atoms with Crippen LogP contribution in [0.15, 0.2) is 0 Å². The number of H-pyrrole nitrogens is 1. The van der Waals surface area contributed by atoms with Gasteiger partial charge in [-0.25, -0.2) is 0 Å². The van der Waals surface area contributed by atoms with Gasteiger partial charge in [-0.3, -0.25) is 10.1 Å². The standard InChI is InChI=1S/C27H45N5O3/c1-5-17-21-14-16(33)10-12-27(21,4)20-11-13-26(3)18(7-8-19(26)23(20)24(17)35)15(2)6-9-22(34)28-25-29-31-32-30-25/h15-21,23-24,33,35H,5-14H2,1-4H3,(H2,28,29,30,31,32,34)/t15-,16-,17-,18-,19?,20?,21+,23?,24?,26-,27-/m1/s1. The van der Waals surface area contributed by atoms with E-state index in [1.54, 1.807) is 0 Å². The van der Waals surface area contributed by atoms with E-state index in [4.69, 9.17) is 0 Å². The molecule has 0 radical (unpaired) electrons. The van der Waals surface area contributed by atoms with Crippen molar-refractivity contribution in [1.82, 2.24) is 20.6 Å². The number of aliphatic hydroxyl groups is 2. The molecule has 8 heteroatoms. The highest BCUT2D eigenvalue weighted by Crippen LogP contribution is 2.69. The summed E-state index contributed by atoms with van der Waals surface area (Å²) in [5, 5.41) is 38.5. The van der Waals surface area contributed by atoms with Gasteiger partial charge in [-0.15, -0.1) is 5.10 Å². The van der Waals surface area contributed by atoms with Gasteiger partial charge in [0.1, 0.15) is 0 Å². The topological polar surface area (TPSA) is 124 Å². The minimum absolute atomic E-state index is 0.0615. The molecule has 11 atom stereocenters. The summed E-state index contributed by atoms with van der Waals surface area (Å²) in [6, 6.07) is 0. The SMILES string of the molecule is CC[C@H]1C(O)C2C3CC[C@H]([C@H](C)CCC(=O)Nc4nn[nH]n4)[C@@]3(C)CCC2[C@@]2(C)CC[C@@H](O)C[C@@H]12. The molecule has 4 fully saturated rings. The van der Waals surface area contributed by atoms with Crippen molar-refractivity contribution in [2.24, 2.45) is 52.3 Å². The fraction of sp³-hybridized carbons (Fsp3) is 0.926. The van der Waals surface area contributed by atoms with Crippen LogP contribution in [0.3, 0.4) is 0 Å². The number of anilines is 1. The van der Waals surface area contributed by atoms with Crippen LogP contribution in [-0.2, 0) is 4.79 Å². The Balaban J connectivity index is 1.31. The molecule has 4 aliphatic carbocycles. The number of carbonyl (C=O) groups is 1. The van der Waals surface area contributed by atoms with Crippen LogP contribution in [0.2, 0.25) is 0 Å². The van der Waals surface area contributed by atoms with Gasteiger partial charge in [0.25, 0.3) is 5.95 Å². The number of aromatic amines is 1. The van der Waals surface area contributed by atoms with Gasteiger partial charge in [0.05, 0.1) is 12.2 Å². The number of rotatable bonds is 6. The smallest absolute Gasteiger partial charge is 0.269 e. The number of carbonyl (C=O) groups excluding carboxylic acids is 1. The summed E-state index contributed by atoms with van der Waals surface area (Å²) in [5.74, 6) is 3.41. The third kappa shape index (κ3) is 4.12. The Morgan fingerprint density at radius 3 is 2.57 bits per heavy atom. The molecule has 1 heterocycles. The van der Waals surface area contributed by atoms with Crippen molar-refractivity contribution < 1.29 is 15.0 Å². The van der Waals surface area contributed by atoms with Gasteiger partial charge in [0.15, 0.2) is 0 Å². The van der Waals surface area contributed by atoms with Crippen LogP contribution >= 0.6 is 0 Å². The Bertz CT molecular complexity index is 895. The summed E-state index contributed by atoms with van der Waals surface area (Å²) in [6.45, 7) is 9.54. The lowest BCUT2D eigenvalue weighted by Crippen LogP contribution is -2.62. The van der Waals surface area contributed by atoms with E-state index in [-0.39, 0.29) is 34.9 Å². The molecule has 1 aromatic heterocycles. The van der Waals surface area contributed by atoms with Crippen LogP contribution in [0.25, 0.3) is 0 Å². The molecular weight excluding hydrogens is 442 g/mol. The third-order valence-electron chi connectivity index (χ3n) is 11.6. The Labute approximate surface area is 209 Å². The van der Waals surface area contributed by atoms with Crippen LogP contribution in [-0.4, -0.2) is 49.0 Å². The summed E-state index contributed by atoms with van der Waals surface area (Å²) < 4.78 is 0. The highest BCUT2D eigenvalue weighted by Gasteiger charge is 2.64. The van der Waals surface area contributed by atoms with Crippen molar-refractivity contribution in [3.8, 4) is 0 Å². The first kappa shape index (κ1) is 25.1. The lowest BCUT2D eigenvalue weighted by atomic mass is 9.41. The number of nitrogens with one attached hydrogen (secondary N) is 2. The van der Waals surface area contributed by atoms with E-state index in [2.05, 4.69) is 53.6 Å². The first-order chi connectivity index (χ1) is 16.7. The fourth-order valence-corrected chi connectivity index (χ4v) is 9.89. The second-order valence-corrected chi connectivity index (χ2v) is 12.9. The predicted molar refractivity (Wildman–Crippen MR) is 133 cm³/mol. The summed E-state index contributed by atoms with van der Waals surface area (Å²) >= 11 is 0. The second kappa shape index (κ2) is 9.40. The number of tetrazole rings is 1. The molecule has 0 bridgehead atoms. The van der Waals surface area contributed by atoms with Crippen molar-refractivity contribution in [3.05, 3.63) is 0 Å². The Morgan fingerprint density at radius 1 is 1.11 bits per heavy atom. The Hall–Kier alpha value is -1.54. The highest BCUT2D eigenvalue weighted by atomic mass is 16.3. The average molecular weight is 488 g/mol. The Kier molecular flexibility index (Phi) is 6.75. The van der Waals surface area contributed by atoms with Gasteiger partial charge in [-0.2, -0.15) is 5.21 Å². The number of hydrogen-bond donors (Lipinski definition) is 4. The second-order valence-electron chi connectivity index (χ2n) is 12.9. The first-order valence-corrected chi connectivity index (χ1v) is 14.1. The molecule has 0 spiro atoms. The van der Waals surface area contributed by atoms with Gasteiger partial charge in [0, 0.05) is 6.42 Å². The van der Waals surface area contributed by atoms with E-state index >= 15 is 0 Å². The maximum Gasteiger partial charge on any atom is 0.269 e. The van der Waals surface area contributed by atoms with E-state index in [0.717, 1.165) is 32.1 Å². The lowest BCUT2D eigenvalue weighted by Gasteiger charge is -2.64. The molecule has 4 N–H and O–H groups in total. The zero-order chi connectivity index (χ0) is 25.0. The van der Waals surface area contributed by atoms with Crippen LogP contribution in [0, 0.1) is 52.3 Å². The van der Waals surface area contributed by atoms with Gasteiger partial charge in [-0.1, -0.05) is 39.2 Å². The van der Waals surface area contributed by atoms with E-state index in [1.807, 2.05) is 0 Å². The van der Waals surface area contributed by atoms with Crippen molar-refractivity contribution >= 4 is 11.9 Å². The van der Waals surface area contributed by atoms with Crippen molar-refractivity contribution in [3.63, 3.8) is 0 Å². The molecule has 0 saturated heterocycles. The normalized spacial score (nSPS) is 45.8. The molecule has 35 heavy (non-hydrogen) atoms. The minimum atomic E-state index is -0.257. The predicted octanol–water partition coefficient (Wildman–Crippen LogP) is 4.18. The lowest BCUT2D eigenvalue weighted by molar-refractivity contribution is -0.203. The van der Waals surface area contributed by atoms with Crippen LogP contribution in [0.1, 0.15) is 91.9 Å². The van der Waals surface area contributed by atoms with E-state index in [1.165, 1.54) is 25.7 Å². The number of hydrogen-bond acceptors (Lipinski definition) is 6. The monoisotopic (exact) mass is 487 g/mol. The van der Waals surface area contributed by atoms with Gasteiger partial charge in [0.2, 0.25) is 5.91 Å². The molecule has 1 amide bonds. The number of aliphatic hydroxyl groups excluding tert-OH is 2. The third-order valence-corrected chi connectivity index (χ3v) is 11.6. The molecule has 0 aromatic carbocycles. The summed E-state index contributed by atoms with van der Waals surface area (Å²) in [5.41, 5.74) is 0.462. The highest BCUT2D eigenvalue weighted by molar-refractivity contribution is 5.88. The quantitative estimate of drug-likeness (QED) is 0.477. The van der Waals surface area contributed by atoms with Crippen LogP contribution in [0.5, 0.6) is 0 Å². The van der Waals surface area contributed by atoms with Gasteiger partial charge in [-0.05, 0) is 109 Å². The van der Waals surface area contributed by atoms with E-state index in [0.29, 0.717) is 47.8 Å².